The van der Waals surface area contributed by atoms with Crippen LogP contribution < -0.4 is 10.4 Å². The Labute approximate surface area is 101 Å². The molecule has 2 aromatic carbocycles. The highest BCUT2D eigenvalue weighted by atomic mass is 16.2. The highest BCUT2D eigenvalue weighted by Crippen LogP contribution is 2.15. The lowest BCUT2D eigenvalue weighted by Gasteiger charge is -2.22. The maximum Gasteiger partial charge on any atom is 0.246 e. The van der Waals surface area contributed by atoms with Crippen molar-refractivity contribution in [1.82, 2.24) is 0 Å². The Morgan fingerprint density at radius 3 is 2.00 bits per heavy atom. The van der Waals surface area contributed by atoms with Crippen LogP contribution in [0.5, 0.6) is 0 Å². The van der Waals surface area contributed by atoms with E-state index in [0.717, 1.165) is 11.4 Å². The first-order valence-corrected chi connectivity index (χ1v) is 5.30. The van der Waals surface area contributed by atoms with E-state index in [1.807, 2.05) is 60.7 Å². The molecule has 0 spiro atoms. The molecular weight excluding hydrogens is 212 g/mol. The monoisotopic (exact) mass is 225 g/mol. The molecule has 2 rings (SSSR count). The van der Waals surface area contributed by atoms with Crippen molar-refractivity contribution in [3.8, 4) is 0 Å². The molecule has 1 radical (unpaired) electrons. The topological polar surface area (TPSA) is 32.3 Å². The van der Waals surface area contributed by atoms with Gasteiger partial charge in [-0.2, -0.15) is 0 Å². The fourth-order valence-electron chi connectivity index (χ4n) is 1.49. The molecule has 0 saturated heterocycles. The van der Waals surface area contributed by atoms with Gasteiger partial charge in [-0.25, -0.2) is 5.01 Å². The number of carbonyl (C=O) groups is 1. The molecule has 1 amide bonds. The Kier molecular flexibility index (Phi) is 3.40. The number of anilines is 2. The van der Waals surface area contributed by atoms with Crippen molar-refractivity contribution in [1.29, 1.82) is 0 Å². The summed E-state index contributed by atoms with van der Waals surface area (Å²) in [5.41, 5.74) is 4.62. The lowest BCUT2D eigenvalue weighted by molar-refractivity contribution is -0.114. The average molecular weight is 225 g/mol. The summed E-state index contributed by atoms with van der Waals surface area (Å²) in [6.07, 6.45) is 0. The maximum atomic E-state index is 11.5. The van der Waals surface area contributed by atoms with Crippen molar-refractivity contribution < 1.29 is 4.79 Å². The van der Waals surface area contributed by atoms with Crippen molar-refractivity contribution in [2.45, 2.75) is 0 Å². The smallest absolute Gasteiger partial charge is 0.246 e. The van der Waals surface area contributed by atoms with E-state index in [2.05, 4.69) is 12.3 Å². The molecule has 1 N–H and O–H groups in total. The summed E-state index contributed by atoms with van der Waals surface area (Å²) in [4.78, 5) is 11.5. The van der Waals surface area contributed by atoms with Crippen molar-refractivity contribution in [3.63, 3.8) is 0 Å². The van der Waals surface area contributed by atoms with Crippen molar-refractivity contribution >= 4 is 17.3 Å². The minimum absolute atomic E-state index is 0.306. The molecule has 2 aromatic rings. The van der Waals surface area contributed by atoms with Crippen LogP contribution in [0.1, 0.15) is 0 Å². The Morgan fingerprint density at radius 2 is 1.47 bits per heavy atom. The van der Waals surface area contributed by atoms with Crippen LogP contribution in [0.2, 0.25) is 0 Å². The third kappa shape index (κ3) is 2.84. The van der Waals surface area contributed by atoms with Gasteiger partial charge < -0.3 is 0 Å². The second-order valence-electron chi connectivity index (χ2n) is 3.54. The van der Waals surface area contributed by atoms with Gasteiger partial charge in [0.15, 0.2) is 0 Å². The molecule has 85 valence electrons. The van der Waals surface area contributed by atoms with Crippen LogP contribution in [0.25, 0.3) is 0 Å². The van der Waals surface area contributed by atoms with Crippen LogP contribution in [0.15, 0.2) is 60.7 Å². The molecule has 0 unspecified atom stereocenters. The van der Waals surface area contributed by atoms with Gasteiger partial charge in [0.2, 0.25) is 5.91 Å². The van der Waals surface area contributed by atoms with Gasteiger partial charge in [0.1, 0.15) is 0 Å². The zero-order chi connectivity index (χ0) is 12.1. The van der Waals surface area contributed by atoms with E-state index < -0.39 is 0 Å². The molecular formula is C14H13N2O. The minimum Gasteiger partial charge on any atom is -0.291 e. The largest absolute Gasteiger partial charge is 0.291 e. The highest BCUT2D eigenvalue weighted by molar-refractivity contribution is 5.98. The molecule has 17 heavy (non-hydrogen) atoms. The number of nitrogens with zero attached hydrogens (tertiary/aromatic N) is 1. The molecule has 0 aliphatic rings. The first-order valence-electron chi connectivity index (χ1n) is 5.30. The zero-order valence-corrected chi connectivity index (χ0v) is 9.34. The summed E-state index contributed by atoms with van der Waals surface area (Å²) in [6, 6.07) is 18.8. The number of hydrazine groups is 1. The van der Waals surface area contributed by atoms with Gasteiger partial charge in [-0.15, -0.1) is 0 Å². The van der Waals surface area contributed by atoms with E-state index in [1.54, 1.807) is 0 Å². The van der Waals surface area contributed by atoms with Crippen LogP contribution in [0.4, 0.5) is 11.4 Å². The first kappa shape index (κ1) is 11.2. The molecule has 0 fully saturated rings. The number of carbonyl (C=O) groups excluding carboxylic acids is 1. The fraction of sp³-hybridized carbons (Fsp3) is 0. The molecule has 0 bridgehead atoms. The predicted octanol–water partition coefficient (Wildman–Crippen LogP) is 2.88. The molecule has 0 aromatic heterocycles. The number of nitrogens with one attached hydrogen (secondary N) is 1. The third-order valence-electron chi connectivity index (χ3n) is 2.28. The van der Waals surface area contributed by atoms with E-state index in [-0.39, 0.29) is 5.91 Å². The number of para-hydroxylation sites is 2. The molecule has 0 saturated carbocycles. The van der Waals surface area contributed by atoms with Gasteiger partial charge >= 0.3 is 0 Å². The van der Waals surface area contributed by atoms with Gasteiger partial charge in [0.05, 0.1) is 11.4 Å². The summed E-state index contributed by atoms with van der Waals surface area (Å²) in [6.45, 7) is 3.44. The second kappa shape index (κ2) is 5.16. The molecule has 0 aliphatic carbocycles. The van der Waals surface area contributed by atoms with Gasteiger partial charge in [-0.05, 0) is 24.3 Å². The van der Waals surface area contributed by atoms with Crippen LogP contribution in [0.3, 0.4) is 0 Å². The van der Waals surface area contributed by atoms with Gasteiger partial charge in [-0.1, -0.05) is 36.4 Å². The summed E-state index contributed by atoms with van der Waals surface area (Å²) in [7, 11) is 0. The minimum atomic E-state index is -0.306. The van der Waals surface area contributed by atoms with Crippen LogP contribution >= 0.6 is 0 Å². The van der Waals surface area contributed by atoms with Crippen LogP contribution in [-0.2, 0) is 4.79 Å². The number of amides is 1. The lowest BCUT2D eigenvalue weighted by Crippen LogP contribution is -2.34. The van der Waals surface area contributed by atoms with Gasteiger partial charge in [0.25, 0.3) is 0 Å². The van der Waals surface area contributed by atoms with E-state index in [4.69, 9.17) is 0 Å². The van der Waals surface area contributed by atoms with Crippen LogP contribution in [-0.4, -0.2) is 5.91 Å². The number of benzene rings is 2. The third-order valence-corrected chi connectivity index (χ3v) is 2.28. The standard InChI is InChI=1S/C14H13N2O/c1-12(17)16(14-10-6-3-7-11-14)15-13-8-4-2-5-9-13/h2-11,15H,1H2. The molecule has 0 aliphatic heterocycles. The molecule has 3 heteroatoms. The van der Waals surface area contributed by atoms with E-state index in [1.165, 1.54) is 5.01 Å². The number of hydrogen-bond acceptors (Lipinski definition) is 2. The lowest BCUT2D eigenvalue weighted by atomic mass is 10.3. The Morgan fingerprint density at radius 1 is 0.941 bits per heavy atom. The highest BCUT2D eigenvalue weighted by Gasteiger charge is 2.10. The average Bonchev–Trinajstić information content (AvgIpc) is 2.38. The summed E-state index contributed by atoms with van der Waals surface area (Å²) < 4.78 is 0. The summed E-state index contributed by atoms with van der Waals surface area (Å²) in [5, 5.41) is 1.41. The molecule has 0 atom stereocenters. The SMILES string of the molecule is [CH2]C(=O)N(Nc1ccccc1)c1ccccc1. The normalized spacial score (nSPS) is 9.71. The molecule has 3 nitrogen and oxygen atoms in total. The fourth-order valence-corrected chi connectivity index (χ4v) is 1.49. The Bertz CT molecular complexity index is 482. The van der Waals surface area contributed by atoms with Crippen molar-refractivity contribution in [2.24, 2.45) is 0 Å². The Balaban J connectivity index is 2.23. The summed E-state index contributed by atoms with van der Waals surface area (Å²) in [5.74, 6) is -0.306. The second-order valence-corrected chi connectivity index (χ2v) is 3.54. The summed E-state index contributed by atoms with van der Waals surface area (Å²) >= 11 is 0. The number of rotatable bonds is 3. The van der Waals surface area contributed by atoms with E-state index in [0.29, 0.717) is 0 Å². The first-order chi connectivity index (χ1) is 8.27. The zero-order valence-electron chi connectivity index (χ0n) is 9.34. The van der Waals surface area contributed by atoms with Crippen molar-refractivity contribution in [3.05, 3.63) is 67.6 Å². The molecule has 0 heterocycles. The maximum absolute atomic E-state index is 11.5. The van der Waals surface area contributed by atoms with E-state index in [9.17, 15) is 4.79 Å². The Hall–Kier alpha value is -2.29. The van der Waals surface area contributed by atoms with Crippen molar-refractivity contribution in [2.75, 3.05) is 10.4 Å². The quantitative estimate of drug-likeness (QED) is 0.814. The van der Waals surface area contributed by atoms with Gasteiger partial charge in [0, 0.05) is 6.92 Å². The van der Waals surface area contributed by atoms with Crippen LogP contribution in [0, 0.1) is 6.92 Å². The van der Waals surface area contributed by atoms with E-state index >= 15 is 0 Å². The number of hydrogen-bond donors (Lipinski definition) is 1. The van der Waals surface area contributed by atoms with Gasteiger partial charge in [-0.3, -0.25) is 10.2 Å². The predicted molar refractivity (Wildman–Crippen MR) is 69.3 cm³/mol.